The van der Waals surface area contributed by atoms with E-state index >= 15 is 0 Å². The lowest BCUT2D eigenvalue weighted by Gasteiger charge is -2.37. The zero-order valence-corrected chi connectivity index (χ0v) is 10.7. The Bertz CT molecular complexity index is 415. The Kier molecular flexibility index (Phi) is 3.27. The van der Waals surface area contributed by atoms with E-state index in [0.717, 1.165) is 51.1 Å². The molecule has 2 aliphatic rings. The zero-order valence-electron chi connectivity index (χ0n) is 10.7. The predicted octanol–water partition coefficient (Wildman–Crippen LogP) is 2.06. The van der Waals surface area contributed by atoms with Gasteiger partial charge in [0.05, 0.1) is 12.2 Å². The lowest BCUT2D eigenvalue weighted by molar-refractivity contribution is -0.0314. The topological polar surface area (TPSA) is 41.5 Å². The minimum atomic E-state index is -0.426. The Balaban J connectivity index is 1.57. The number of hydrogen-bond donors (Lipinski definition) is 2. The van der Waals surface area contributed by atoms with Gasteiger partial charge in [-0.1, -0.05) is 18.2 Å². The number of aliphatic hydroxyl groups is 1. The summed E-state index contributed by atoms with van der Waals surface area (Å²) in [6.45, 7) is 2.46. The van der Waals surface area contributed by atoms with Crippen molar-refractivity contribution in [3.63, 3.8) is 0 Å². The normalized spacial score (nSPS) is 24.8. The molecule has 1 fully saturated rings. The van der Waals surface area contributed by atoms with E-state index in [9.17, 15) is 5.11 Å². The Morgan fingerprint density at radius 1 is 1.33 bits per heavy atom. The summed E-state index contributed by atoms with van der Waals surface area (Å²) in [5.74, 6) is 1.54. The molecule has 18 heavy (non-hydrogen) atoms. The average Bonchev–Trinajstić information content (AvgIpc) is 2.37. The molecule has 1 aliphatic heterocycles. The van der Waals surface area contributed by atoms with Crippen molar-refractivity contribution in [3.05, 3.63) is 29.8 Å². The van der Waals surface area contributed by atoms with Crippen molar-refractivity contribution in [1.82, 2.24) is 5.32 Å². The molecule has 0 bridgehead atoms. The Hall–Kier alpha value is -1.06. The summed E-state index contributed by atoms with van der Waals surface area (Å²) in [5.41, 5.74) is 0.877. The van der Waals surface area contributed by atoms with Gasteiger partial charge in [0, 0.05) is 19.0 Å². The molecule has 0 radical (unpaired) electrons. The number of ether oxygens (including phenoxy) is 1. The van der Waals surface area contributed by atoms with Crippen LogP contribution in [0.2, 0.25) is 0 Å². The molecule has 1 aromatic rings. The van der Waals surface area contributed by atoms with Crippen LogP contribution in [0.1, 0.15) is 37.2 Å². The third-order valence-corrected chi connectivity index (χ3v) is 4.21. The SMILES string of the molecule is OC1(CNCC2CCOc3ccccc32)CCC1. The third kappa shape index (κ3) is 2.38. The molecule has 3 nitrogen and oxygen atoms in total. The van der Waals surface area contributed by atoms with Crippen LogP contribution < -0.4 is 10.1 Å². The highest BCUT2D eigenvalue weighted by atomic mass is 16.5. The van der Waals surface area contributed by atoms with Crippen LogP contribution in [0.4, 0.5) is 0 Å². The minimum absolute atomic E-state index is 0.426. The van der Waals surface area contributed by atoms with Gasteiger partial charge in [0.1, 0.15) is 5.75 Å². The molecular weight excluding hydrogens is 226 g/mol. The zero-order chi connectivity index (χ0) is 12.4. The number of nitrogens with one attached hydrogen (secondary N) is 1. The molecular formula is C15H21NO2. The molecule has 2 N–H and O–H groups in total. The van der Waals surface area contributed by atoms with Gasteiger partial charge >= 0.3 is 0 Å². The molecule has 98 valence electrons. The van der Waals surface area contributed by atoms with Crippen LogP contribution in [-0.2, 0) is 0 Å². The highest BCUT2D eigenvalue weighted by Gasteiger charge is 2.34. The predicted molar refractivity (Wildman–Crippen MR) is 71.0 cm³/mol. The van der Waals surface area contributed by atoms with Crippen molar-refractivity contribution in [1.29, 1.82) is 0 Å². The second-order valence-corrected chi connectivity index (χ2v) is 5.58. The standard InChI is InChI=1S/C15H21NO2/c17-15(7-3-8-15)11-16-10-12-6-9-18-14-5-2-1-4-13(12)14/h1-2,4-5,12,16-17H,3,6-11H2. The van der Waals surface area contributed by atoms with E-state index in [1.54, 1.807) is 0 Å². The van der Waals surface area contributed by atoms with Crippen molar-refractivity contribution in [2.45, 2.75) is 37.2 Å². The van der Waals surface area contributed by atoms with Crippen LogP contribution in [0.3, 0.4) is 0 Å². The first-order valence-corrected chi connectivity index (χ1v) is 6.92. The monoisotopic (exact) mass is 247 g/mol. The summed E-state index contributed by atoms with van der Waals surface area (Å²) in [6.07, 6.45) is 4.12. The molecule has 1 aliphatic carbocycles. The molecule has 1 atom stereocenters. The van der Waals surface area contributed by atoms with E-state index < -0.39 is 5.60 Å². The quantitative estimate of drug-likeness (QED) is 0.855. The highest BCUT2D eigenvalue weighted by Crippen LogP contribution is 2.34. The lowest BCUT2D eigenvalue weighted by Crippen LogP contribution is -2.47. The van der Waals surface area contributed by atoms with Crippen LogP contribution in [-0.4, -0.2) is 30.4 Å². The van der Waals surface area contributed by atoms with Crippen molar-refractivity contribution in [2.75, 3.05) is 19.7 Å². The van der Waals surface area contributed by atoms with Crippen LogP contribution in [0.15, 0.2) is 24.3 Å². The number of rotatable bonds is 4. The van der Waals surface area contributed by atoms with Crippen molar-refractivity contribution in [3.8, 4) is 5.75 Å². The average molecular weight is 247 g/mol. The first kappa shape index (κ1) is 12.0. The summed E-state index contributed by atoms with van der Waals surface area (Å²) in [4.78, 5) is 0. The summed E-state index contributed by atoms with van der Waals surface area (Å²) >= 11 is 0. The van der Waals surface area contributed by atoms with Crippen LogP contribution in [0.25, 0.3) is 0 Å². The third-order valence-electron chi connectivity index (χ3n) is 4.21. The van der Waals surface area contributed by atoms with E-state index in [4.69, 9.17) is 4.74 Å². The number of hydrogen-bond acceptors (Lipinski definition) is 3. The maximum atomic E-state index is 10.0. The first-order chi connectivity index (χ1) is 8.77. The van der Waals surface area contributed by atoms with E-state index in [-0.39, 0.29) is 0 Å². The maximum absolute atomic E-state index is 10.0. The van der Waals surface area contributed by atoms with E-state index in [1.165, 1.54) is 5.56 Å². The Morgan fingerprint density at radius 3 is 2.94 bits per heavy atom. The van der Waals surface area contributed by atoms with Gasteiger partial charge < -0.3 is 15.2 Å². The minimum Gasteiger partial charge on any atom is -0.493 e. The van der Waals surface area contributed by atoms with Gasteiger partial charge in [-0.05, 0) is 37.3 Å². The fraction of sp³-hybridized carbons (Fsp3) is 0.600. The van der Waals surface area contributed by atoms with E-state index in [1.807, 2.05) is 12.1 Å². The molecule has 1 saturated carbocycles. The van der Waals surface area contributed by atoms with Crippen LogP contribution >= 0.6 is 0 Å². The molecule has 0 saturated heterocycles. The Labute approximate surface area is 108 Å². The van der Waals surface area contributed by atoms with Gasteiger partial charge in [0.15, 0.2) is 0 Å². The van der Waals surface area contributed by atoms with Gasteiger partial charge in [0.25, 0.3) is 0 Å². The fourth-order valence-electron chi connectivity index (χ4n) is 2.87. The number of benzene rings is 1. The van der Waals surface area contributed by atoms with Crippen LogP contribution in [0.5, 0.6) is 5.75 Å². The highest BCUT2D eigenvalue weighted by molar-refractivity contribution is 5.37. The summed E-state index contributed by atoms with van der Waals surface area (Å²) < 4.78 is 5.66. The van der Waals surface area contributed by atoms with Gasteiger partial charge in [-0.2, -0.15) is 0 Å². The van der Waals surface area contributed by atoms with Gasteiger partial charge in [0.2, 0.25) is 0 Å². The van der Waals surface area contributed by atoms with E-state index in [0.29, 0.717) is 5.92 Å². The second-order valence-electron chi connectivity index (χ2n) is 5.58. The maximum Gasteiger partial charge on any atom is 0.122 e. The van der Waals surface area contributed by atoms with Crippen LogP contribution in [0, 0.1) is 0 Å². The molecule has 0 amide bonds. The summed E-state index contributed by atoms with van der Waals surface area (Å²) in [6, 6.07) is 8.28. The molecule has 1 heterocycles. The molecule has 0 spiro atoms. The van der Waals surface area contributed by atoms with Crippen molar-refractivity contribution in [2.24, 2.45) is 0 Å². The van der Waals surface area contributed by atoms with Gasteiger partial charge in [-0.25, -0.2) is 0 Å². The van der Waals surface area contributed by atoms with Gasteiger partial charge in [-0.3, -0.25) is 0 Å². The molecule has 3 heteroatoms. The largest absolute Gasteiger partial charge is 0.493 e. The number of fused-ring (bicyclic) bond motifs is 1. The molecule has 1 aromatic carbocycles. The summed E-state index contributed by atoms with van der Waals surface area (Å²) in [5, 5.41) is 13.5. The second kappa shape index (κ2) is 4.90. The smallest absolute Gasteiger partial charge is 0.122 e. The van der Waals surface area contributed by atoms with Crippen molar-refractivity contribution < 1.29 is 9.84 Å². The molecule has 3 rings (SSSR count). The summed E-state index contributed by atoms with van der Waals surface area (Å²) in [7, 11) is 0. The lowest BCUT2D eigenvalue weighted by atomic mass is 9.80. The molecule has 1 unspecified atom stereocenters. The first-order valence-electron chi connectivity index (χ1n) is 6.92. The van der Waals surface area contributed by atoms with E-state index in [2.05, 4.69) is 17.4 Å². The van der Waals surface area contributed by atoms with Crippen molar-refractivity contribution >= 4 is 0 Å². The Morgan fingerprint density at radius 2 is 2.17 bits per heavy atom. The fourth-order valence-corrected chi connectivity index (χ4v) is 2.87. The number of para-hydroxylation sites is 1. The van der Waals surface area contributed by atoms with Gasteiger partial charge in [-0.15, -0.1) is 0 Å². The molecule has 0 aromatic heterocycles.